The van der Waals surface area contributed by atoms with Crippen molar-refractivity contribution in [3.05, 3.63) is 34.9 Å². The first-order valence-electron chi connectivity index (χ1n) is 6.23. The average molecular weight is 268 g/mol. The quantitative estimate of drug-likeness (QED) is 0.856. The first-order valence-corrected chi connectivity index (χ1v) is 6.60. The number of halogens is 1. The van der Waals surface area contributed by atoms with Crippen molar-refractivity contribution in [2.24, 2.45) is 5.41 Å². The van der Waals surface area contributed by atoms with Crippen LogP contribution in [0.1, 0.15) is 25.3 Å². The van der Waals surface area contributed by atoms with Gasteiger partial charge in [-0.05, 0) is 50.6 Å². The van der Waals surface area contributed by atoms with Crippen molar-refractivity contribution in [1.82, 2.24) is 5.32 Å². The van der Waals surface area contributed by atoms with Gasteiger partial charge in [0.2, 0.25) is 0 Å². The largest absolute Gasteiger partial charge is 0.460 e. The Bertz CT molecular complexity index is 410. The molecule has 1 N–H and O–H groups in total. The first-order chi connectivity index (χ1) is 8.60. The molecule has 0 unspecified atom stereocenters. The molecule has 0 saturated carbocycles. The third kappa shape index (κ3) is 3.24. The van der Waals surface area contributed by atoms with Gasteiger partial charge in [-0.1, -0.05) is 23.7 Å². The number of benzene rings is 1. The number of hydrogen-bond donors (Lipinski definition) is 1. The van der Waals surface area contributed by atoms with Crippen LogP contribution in [0.15, 0.2) is 24.3 Å². The lowest BCUT2D eigenvalue weighted by Crippen LogP contribution is -2.40. The van der Waals surface area contributed by atoms with Crippen molar-refractivity contribution in [3.8, 4) is 0 Å². The molecule has 1 fully saturated rings. The Morgan fingerprint density at radius 3 is 2.56 bits per heavy atom. The van der Waals surface area contributed by atoms with E-state index in [1.165, 1.54) is 0 Å². The Hall–Kier alpha value is -1.06. The lowest BCUT2D eigenvalue weighted by molar-refractivity contribution is -0.157. The van der Waals surface area contributed by atoms with Gasteiger partial charge in [-0.25, -0.2) is 0 Å². The number of carbonyl (C=O) groups excluding carboxylic acids is 1. The van der Waals surface area contributed by atoms with Gasteiger partial charge in [0.25, 0.3) is 0 Å². The van der Waals surface area contributed by atoms with Crippen LogP contribution in [0, 0.1) is 5.41 Å². The Morgan fingerprint density at radius 1 is 1.33 bits per heavy atom. The van der Waals surface area contributed by atoms with Crippen LogP contribution >= 0.6 is 11.6 Å². The van der Waals surface area contributed by atoms with Gasteiger partial charge < -0.3 is 10.1 Å². The highest BCUT2D eigenvalue weighted by Crippen LogP contribution is 2.29. The Kier molecular flexibility index (Phi) is 4.25. The molecule has 1 heterocycles. The maximum Gasteiger partial charge on any atom is 0.312 e. The summed E-state index contributed by atoms with van der Waals surface area (Å²) in [6.45, 7) is 4.07. The van der Waals surface area contributed by atoms with E-state index in [-0.39, 0.29) is 11.4 Å². The lowest BCUT2D eigenvalue weighted by atomic mass is 9.81. The SMILES string of the molecule is CC1(C(=O)OCc2ccc(Cl)cc2)CCNCC1. The second kappa shape index (κ2) is 5.72. The summed E-state index contributed by atoms with van der Waals surface area (Å²) < 4.78 is 5.40. The molecule has 4 heteroatoms. The van der Waals surface area contributed by atoms with Crippen LogP contribution in [-0.4, -0.2) is 19.1 Å². The van der Waals surface area contributed by atoms with Crippen molar-refractivity contribution < 1.29 is 9.53 Å². The van der Waals surface area contributed by atoms with Crippen LogP contribution in [0.4, 0.5) is 0 Å². The molecule has 1 aromatic rings. The predicted molar refractivity (Wildman–Crippen MR) is 71.5 cm³/mol. The highest BCUT2D eigenvalue weighted by atomic mass is 35.5. The van der Waals surface area contributed by atoms with E-state index in [0.29, 0.717) is 11.6 Å². The molecule has 0 atom stereocenters. The summed E-state index contributed by atoms with van der Waals surface area (Å²) in [6, 6.07) is 7.36. The van der Waals surface area contributed by atoms with Crippen molar-refractivity contribution in [3.63, 3.8) is 0 Å². The van der Waals surface area contributed by atoms with Gasteiger partial charge in [0, 0.05) is 5.02 Å². The van der Waals surface area contributed by atoms with Gasteiger partial charge in [0.05, 0.1) is 5.41 Å². The van der Waals surface area contributed by atoms with Gasteiger partial charge in [0.15, 0.2) is 0 Å². The molecule has 2 rings (SSSR count). The van der Waals surface area contributed by atoms with Crippen molar-refractivity contribution >= 4 is 17.6 Å². The molecule has 3 nitrogen and oxygen atoms in total. The molecule has 0 radical (unpaired) electrons. The third-order valence-electron chi connectivity index (χ3n) is 3.48. The minimum absolute atomic E-state index is 0.0982. The molecule has 98 valence electrons. The zero-order valence-electron chi connectivity index (χ0n) is 10.5. The van der Waals surface area contributed by atoms with Gasteiger partial charge in [0.1, 0.15) is 6.61 Å². The molecule has 1 aliphatic rings. The number of hydrogen-bond acceptors (Lipinski definition) is 3. The maximum absolute atomic E-state index is 12.1. The summed E-state index contributed by atoms with van der Waals surface area (Å²) in [5, 5.41) is 3.94. The molecule has 18 heavy (non-hydrogen) atoms. The second-order valence-corrected chi connectivity index (χ2v) is 5.45. The molecule has 1 aromatic carbocycles. The summed E-state index contributed by atoms with van der Waals surface area (Å²) in [5.41, 5.74) is 0.628. The van der Waals surface area contributed by atoms with Gasteiger partial charge in [-0.2, -0.15) is 0 Å². The number of nitrogens with one attached hydrogen (secondary N) is 1. The molecule has 1 saturated heterocycles. The van der Waals surface area contributed by atoms with Crippen LogP contribution < -0.4 is 5.32 Å². The topological polar surface area (TPSA) is 38.3 Å². The normalized spacial score (nSPS) is 18.3. The standard InChI is InChI=1S/C14H18ClNO2/c1-14(6-8-16-9-7-14)13(17)18-10-11-2-4-12(15)5-3-11/h2-5,16H,6-10H2,1H3. The van der Waals surface area contributed by atoms with Crippen LogP contribution in [0.25, 0.3) is 0 Å². The number of piperidine rings is 1. The van der Waals surface area contributed by atoms with E-state index in [1.807, 2.05) is 19.1 Å². The number of ether oxygens (including phenoxy) is 1. The zero-order chi connectivity index (χ0) is 13.0. The Labute approximate surface area is 112 Å². The maximum atomic E-state index is 12.1. The summed E-state index contributed by atoms with van der Waals surface area (Å²) in [5.74, 6) is -0.0982. The average Bonchev–Trinajstić information content (AvgIpc) is 2.38. The van der Waals surface area contributed by atoms with Crippen LogP contribution in [0.2, 0.25) is 5.02 Å². The van der Waals surface area contributed by atoms with E-state index >= 15 is 0 Å². The van der Waals surface area contributed by atoms with Gasteiger partial charge >= 0.3 is 5.97 Å². The van der Waals surface area contributed by atoms with E-state index in [1.54, 1.807) is 12.1 Å². The van der Waals surface area contributed by atoms with Crippen LogP contribution in [0.5, 0.6) is 0 Å². The Balaban J connectivity index is 1.89. The van der Waals surface area contributed by atoms with Gasteiger partial charge in [-0.3, -0.25) is 4.79 Å². The summed E-state index contributed by atoms with van der Waals surface area (Å²) >= 11 is 5.80. The molecule has 0 spiro atoms. The molecule has 0 aromatic heterocycles. The highest BCUT2D eigenvalue weighted by Gasteiger charge is 2.35. The minimum atomic E-state index is -0.336. The fourth-order valence-corrected chi connectivity index (χ4v) is 2.21. The summed E-state index contributed by atoms with van der Waals surface area (Å²) in [6.07, 6.45) is 1.68. The van der Waals surface area contributed by atoms with E-state index in [2.05, 4.69) is 5.32 Å². The van der Waals surface area contributed by atoms with Crippen LogP contribution in [-0.2, 0) is 16.1 Å². The van der Waals surface area contributed by atoms with Crippen LogP contribution in [0.3, 0.4) is 0 Å². The predicted octanol–water partition coefficient (Wildman–Crippen LogP) is 2.77. The minimum Gasteiger partial charge on any atom is -0.460 e. The highest BCUT2D eigenvalue weighted by molar-refractivity contribution is 6.30. The van der Waals surface area contributed by atoms with E-state index in [4.69, 9.17) is 16.3 Å². The fraction of sp³-hybridized carbons (Fsp3) is 0.500. The molecule has 0 amide bonds. The monoisotopic (exact) mass is 267 g/mol. The molecule has 1 aliphatic heterocycles. The number of esters is 1. The number of rotatable bonds is 3. The molecule has 0 bridgehead atoms. The smallest absolute Gasteiger partial charge is 0.312 e. The van der Waals surface area contributed by atoms with E-state index < -0.39 is 0 Å². The van der Waals surface area contributed by atoms with Gasteiger partial charge in [-0.15, -0.1) is 0 Å². The van der Waals surface area contributed by atoms with E-state index in [9.17, 15) is 4.79 Å². The van der Waals surface area contributed by atoms with Crippen molar-refractivity contribution in [1.29, 1.82) is 0 Å². The van der Waals surface area contributed by atoms with Crippen molar-refractivity contribution in [2.45, 2.75) is 26.4 Å². The fourth-order valence-electron chi connectivity index (χ4n) is 2.09. The van der Waals surface area contributed by atoms with Crippen molar-refractivity contribution in [2.75, 3.05) is 13.1 Å². The summed E-state index contributed by atoms with van der Waals surface area (Å²) in [4.78, 5) is 12.1. The Morgan fingerprint density at radius 2 is 1.94 bits per heavy atom. The molecule has 0 aliphatic carbocycles. The first kappa shape index (κ1) is 13.4. The zero-order valence-corrected chi connectivity index (χ0v) is 11.3. The van der Waals surface area contributed by atoms with E-state index in [0.717, 1.165) is 31.5 Å². The lowest BCUT2D eigenvalue weighted by Gasteiger charge is -2.31. The third-order valence-corrected chi connectivity index (χ3v) is 3.74. The second-order valence-electron chi connectivity index (χ2n) is 5.01. The number of carbonyl (C=O) groups is 1. The summed E-state index contributed by atoms with van der Waals surface area (Å²) in [7, 11) is 0. The molecular formula is C14H18ClNO2. The molecular weight excluding hydrogens is 250 g/mol.